The number of rotatable bonds is 3. The van der Waals surface area contributed by atoms with Gasteiger partial charge in [0.1, 0.15) is 5.01 Å². The summed E-state index contributed by atoms with van der Waals surface area (Å²) in [5.41, 5.74) is 5.63. The van der Waals surface area contributed by atoms with Crippen molar-refractivity contribution in [2.24, 2.45) is 0 Å². The van der Waals surface area contributed by atoms with Gasteiger partial charge in [-0.25, -0.2) is 4.98 Å². The maximum atomic E-state index is 12.4. The maximum absolute atomic E-state index is 12.4. The van der Waals surface area contributed by atoms with E-state index < -0.39 is 0 Å². The number of thiazole rings is 1. The molecular weight excluding hydrogens is 292 g/mol. The van der Waals surface area contributed by atoms with E-state index in [9.17, 15) is 4.79 Å². The number of benzene rings is 1. The third kappa shape index (κ3) is 2.45. The number of aromatic nitrogens is 1. The van der Waals surface area contributed by atoms with Crippen molar-refractivity contribution >= 4 is 22.9 Å². The molecule has 1 aliphatic rings. The summed E-state index contributed by atoms with van der Waals surface area (Å²) in [6.07, 6.45) is 0.486. The quantitative estimate of drug-likeness (QED) is 0.833. The van der Waals surface area contributed by atoms with Crippen LogP contribution in [0.25, 0.3) is 10.6 Å². The van der Waals surface area contributed by atoms with Crippen molar-refractivity contribution in [3.63, 3.8) is 0 Å². The van der Waals surface area contributed by atoms with Gasteiger partial charge in [0, 0.05) is 22.7 Å². The number of hydrogen-bond acceptors (Lipinski definition) is 3. The molecule has 22 heavy (non-hydrogen) atoms. The van der Waals surface area contributed by atoms with Crippen molar-refractivity contribution in [3.8, 4) is 10.6 Å². The van der Waals surface area contributed by atoms with Crippen LogP contribution in [0.3, 0.4) is 0 Å². The Balaban J connectivity index is 2.14. The van der Waals surface area contributed by atoms with Crippen molar-refractivity contribution in [2.45, 2.75) is 53.0 Å². The molecule has 1 aliphatic heterocycles. The monoisotopic (exact) mass is 314 g/mol. The topological polar surface area (TPSA) is 33.2 Å². The zero-order valence-electron chi connectivity index (χ0n) is 13.8. The number of amides is 1. The molecule has 116 valence electrons. The number of nitrogens with zero attached hydrogens (tertiary/aromatic N) is 2. The van der Waals surface area contributed by atoms with Crippen molar-refractivity contribution < 1.29 is 4.79 Å². The second kappa shape index (κ2) is 5.51. The lowest BCUT2D eigenvalue weighted by Crippen LogP contribution is -2.33. The van der Waals surface area contributed by atoms with Gasteiger partial charge in [-0.05, 0) is 49.9 Å². The summed E-state index contributed by atoms with van der Waals surface area (Å²) in [4.78, 5) is 19.1. The van der Waals surface area contributed by atoms with E-state index in [4.69, 9.17) is 4.98 Å². The first-order chi connectivity index (χ1) is 10.4. The van der Waals surface area contributed by atoms with Crippen molar-refractivity contribution in [2.75, 3.05) is 4.90 Å². The Morgan fingerprint density at radius 2 is 1.95 bits per heavy atom. The Hall–Kier alpha value is -1.68. The zero-order chi connectivity index (χ0) is 16.0. The van der Waals surface area contributed by atoms with Gasteiger partial charge < -0.3 is 4.90 Å². The molecule has 0 saturated heterocycles. The minimum Gasteiger partial charge on any atom is -0.309 e. The first-order valence-corrected chi connectivity index (χ1v) is 8.67. The smallest absolute Gasteiger partial charge is 0.231 e. The maximum Gasteiger partial charge on any atom is 0.231 e. The van der Waals surface area contributed by atoms with E-state index >= 15 is 0 Å². The van der Waals surface area contributed by atoms with Crippen LogP contribution in [-0.2, 0) is 11.2 Å². The van der Waals surface area contributed by atoms with Crippen molar-refractivity contribution in [1.82, 2.24) is 4.98 Å². The molecule has 2 aromatic rings. The van der Waals surface area contributed by atoms with Gasteiger partial charge in [0.25, 0.3) is 0 Å². The summed E-state index contributed by atoms with van der Waals surface area (Å²) in [5, 5.41) is 3.16. The Kier molecular flexibility index (Phi) is 3.81. The average molecular weight is 314 g/mol. The molecule has 0 bridgehead atoms. The lowest BCUT2D eigenvalue weighted by Gasteiger charge is -2.22. The first-order valence-electron chi connectivity index (χ1n) is 7.80. The third-order valence-electron chi connectivity index (χ3n) is 4.09. The molecule has 3 nitrogen and oxygen atoms in total. The SMILES string of the molecule is Cc1cc(-c2nc(C(C)C)cs2)c2c(c1)N(C(C)C)C(=O)C2. The van der Waals surface area contributed by atoms with E-state index in [1.54, 1.807) is 11.3 Å². The van der Waals surface area contributed by atoms with Crippen LogP contribution in [0, 0.1) is 6.92 Å². The van der Waals surface area contributed by atoms with E-state index in [-0.39, 0.29) is 11.9 Å². The molecular formula is C18H22N2OS. The van der Waals surface area contributed by atoms with E-state index in [1.165, 1.54) is 5.56 Å². The second-order valence-corrected chi connectivity index (χ2v) is 7.43. The van der Waals surface area contributed by atoms with Crippen LogP contribution in [0.2, 0.25) is 0 Å². The molecule has 4 heteroatoms. The molecule has 0 fully saturated rings. The van der Waals surface area contributed by atoms with Crippen LogP contribution in [0.1, 0.15) is 50.4 Å². The average Bonchev–Trinajstić information content (AvgIpc) is 3.01. The highest BCUT2D eigenvalue weighted by Gasteiger charge is 2.32. The number of carbonyl (C=O) groups is 1. The molecule has 0 saturated carbocycles. The fraction of sp³-hybridized carbons (Fsp3) is 0.444. The summed E-state index contributed by atoms with van der Waals surface area (Å²) in [5.74, 6) is 0.620. The number of hydrogen-bond donors (Lipinski definition) is 0. The summed E-state index contributed by atoms with van der Waals surface area (Å²) >= 11 is 1.68. The van der Waals surface area contributed by atoms with E-state index in [2.05, 4.69) is 52.1 Å². The highest BCUT2D eigenvalue weighted by molar-refractivity contribution is 7.13. The largest absolute Gasteiger partial charge is 0.309 e. The fourth-order valence-electron chi connectivity index (χ4n) is 3.00. The summed E-state index contributed by atoms with van der Waals surface area (Å²) in [6.45, 7) is 10.5. The fourth-order valence-corrected chi connectivity index (χ4v) is 4.03. The Morgan fingerprint density at radius 1 is 1.23 bits per heavy atom. The molecule has 1 aromatic carbocycles. The van der Waals surface area contributed by atoms with E-state index in [0.717, 1.165) is 27.5 Å². The molecule has 0 atom stereocenters. The summed E-state index contributed by atoms with van der Waals surface area (Å²) in [6, 6.07) is 4.48. The van der Waals surface area contributed by atoms with Gasteiger partial charge in [-0.1, -0.05) is 13.8 Å². The molecule has 1 aromatic heterocycles. The van der Waals surface area contributed by atoms with Gasteiger partial charge >= 0.3 is 0 Å². The normalized spacial score (nSPS) is 14.3. The molecule has 0 spiro atoms. The highest BCUT2D eigenvalue weighted by Crippen LogP contribution is 2.40. The molecule has 0 N–H and O–H groups in total. The second-order valence-electron chi connectivity index (χ2n) is 6.58. The van der Waals surface area contributed by atoms with Crippen LogP contribution in [0.5, 0.6) is 0 Å². The van der Waals surface area contributed by atoms with Gasteiger partial charge in [0.05, 0.1) is 12.1 Å². The Bertz CT molecular complexity index is 731. The van der Waals surface area contributed by atoms with Crippen LogP contribution >= 0.6 is 11.3 Å². The Labute approximate surface area is 136 Å². The molecule has 1 amide bonds. The predicted octanol–water partition coefficient (Wildman–Crippen LogP) is 4.54. The standard InChI is InChI=1S/C18H22N2OS/c1-10(2)15-9-22-18(19-15)14-6-12(5)7-16-13(14)8-17(21)20(16)11(3)4/h6-7,9-11H,8H2,1-5H3. The highest BCUT2D eigenvalue weighted by atomic mass is 32.1. The van der Waals surface area contributed by atoms with Crippen LogP contribution in [0.4, 0.5) is 5.69 Å². The zero-order valence-corrected chi connectivity index (χ0v) is 14.6. The minimum absolute atomic E-state index is 0.186. The van der Waals surface area contributed by atoms with Gasteiger partial charge in [-0.15, -0.1) is 11.3 Å². The lowest BCUT2D eigenvalue weighted by atomic mass is 10.0. The summed E-state index contributed by atoms with van der Waals surface area (Å²) < 4.78 is 0. The molecule has 0 unspecified atom stereocenters. The first kappa shape index (κ1) is 15.2. The van der Waals surface area contributed by atoms with Crippen LogP contribution in [-0.4, -0.2) is 16.9 Å². The molecule has 2 heterocycles. The van der Waals surface area contributed by atoms with Gasteiger partial charge in [0.2, 0.25) is 5.91 Å². The number of carbonyl (C=O) groups excluding carboxylic acids is 1. The molecule has 0 aliphatic carbocycles. The minimum atomic E-state index is 0.186. The van der Waals surface area contributed by atoms with Gasteiger partial charge in [-0.3, -0.25) is 4.79 Å². The van der Waals surface area contributed by atoms with Crippen LogP contribution in [0.15, 0.2) is 17.5 Å². The molecule has 3 rings (SSSR count). The predicted molar refractivity (Wildman–Crippen MR) is 92.7 cm³/mol. The molecule has 0 radical (unpaired) electrons. The van der Waals surface area contributed by atoms with E-state index in [0.29, 0.717) is 12.3 Å². The third-order valence-corrected chi connectivity index (χ3v) is 4.98. The van der Waals surface area contributed by atoms with Crippen molar-refractivity contribution in [1.29, 1.82) is 0 Å². The van der Waals surface area contributed by atoms with Crippen molar-refractivity contribution in [3.05, 3.63) is 34.3 Å². The number of fused-ring (bicyclic) bond motifs is 1. The number of anilines is 1. The van der Waals surface area contributed by atoms with Gasteiger partial charge in [0.15, 0.2) is 0 Å². The number of aryl methyl sites for hydroxylation is 1. The lowest BCUT2D eigenvalue weighted by molar-refractivity contribution is -0.117. The Morgan fingerprint density at radius 3 is 2.55 bits per heavy atom. The van der Waals surface area contributed by atoms with Gasteiger partial charge in [-0.2, -0.15) is 0 Å². The summed E-state index contributed by atoms with van der Waals surface area (Å²) in [7, 11) is 0. The van der Waals surface area contributed by atoms with E-state index in [1.807, 2.05) is 4.90 Å². The van der Waals surface area contributed by atoms with Crippen LogP contribution < -0.4 is 4.90 Å².